The lowest BCUT2D eigenvalue weighted by molar-refractivity contribution is -0.137. The Bertz CT molecular complexity index is 1410. The molecule has 0 radical (unpaired) electrons. The van der Waals surface area contributed by atoms with Gasteiger partial charge in [-0.3, -0.25) is 4.79 Å². The molecule has 3 aromatic carbocycles. The number of rotatable bonds is 9. The van der Waals surface area contributed by atoms with Gasteiger partial charge in [-0.2, -0.15) is 13.2 Å². The Labute approximate surface area is 225 Å². The maximum Gasteiger partial charge on any atom is 0.417 e. The van der Waals surface area contributed by atoms with Crippen molar-refractivity contribution in [2.24, 2.45) is 5.92 Å². The van der Waals surface area contributed by atoms with E-state index in [1.165, 1.54) is 6.07 Å². The number of halogens is 4. The Morgan fingerprint density at radius 2 is 1.76 bits per heavy atom. The van der Waals surface area contributed by atoms with E-state index < -0.39 is 17.7 Å². The summed E-state index contributed by atoms with van der Waals surface area (Å²) in [5.41, 5.74) is 2.22. The number of hydrogen-bond acceptors (Lipinski definition) is 2. The maximum atomic E-state index is 13.7. The number of alkyl halides is 3. The van der Waals surface area contributed by atoms with Crippen molar-refractivity contribution in [3.05, 3.63) is 100 Å². The third-order valence-electron chi connectivity index (χ3n) is 6.50. The zero-order valence-electron chi connectivity index (χ0n) is 21.5. The highest BCUT2D eigenvalue weighted by Gasteiger charge is 2.34. The Morgan fingerprint density at radius 1 is 1.05 bits per heavy atom. The maximum absolute atomic E-state index is 13.7. The summed E-state index contributed by atoms with van der Waals surface area (Å²) in [5.74, 6) is 0.167. The van der Waals surface area contributed by atoms with Crippen molar-refractivity contribution in [2.75, 3.05) is 13.7 Å². The number of amides is 1. The minimum absolute atomic E-state index is 0.00218. The van der Waals surface area contributed by atoms with Gasteiger partial charge in [0, 0.05) is 42.5 Å². The molecule has 38 heavy (non-hydrogen) atoms. The highest BCUT2D eigenvalue weighted by atomic mass is 35.5. The zero-order valence-corrected chi connectivity index (χ0v) is 22.2. The number of nitrogens with one attached hydrogen (secondary N) is 1. The summed E-state index contributed by atoms with van der Waals surface area (Å²) >= 11 is 5.92. The van der Waals surface area contributed by atoms with E-state index in [1.807, 2.05) is 68.6 Å². The van der Waals surface area contributed by atoms with E-state index in [0.29, 0.717) is 18.7 Å². The van der Waals surface area contributed by atoms with Crippen molar-refractivity contribution in [1.82, 2.24) is 9.88 Å². The third kappa shape index (κ3) is 6.33. The minimum Gasteiger partial charge on any atom is -0.497 e. The van der Waals surface area contributed by atoms with Crippen molar-refractivity contribution in [2.45, 2.75) is 38.9 Å². The van der Waals surface area contributed by atoms with Crippen LogP contribution in [0.1, 0.15) is 48.4 Å². The number of carbonyl (C=O) groups is 1. The first-order chi connectivity index (χ1) is 18.1. The van der Waals surface area contributed by atoms with Crippen molar-refractivity contribution >= 4 is 28.4 Å². The zero-order chi connectivity index (χ0) is 27.4. The molecule has 8 heteroatoms. The molecule has 0 bridgehead atoms. The summed E-state index contributed by atoms with van der Waals surface area (Å²) in [6.07, 6.45) is -2.67. The molecule has 4 nitrogen and oxygen atoms in total. The van der Waals surface area contributed by atoms with Crippen molar-refractivity contribution in [3.8, 4) is 5.75 Å². The fourth-order valence-electron chi connectivity index (χ4n) is 4.57. The molecule has 0 aliphatic heterocycles. The summed E-state index contributed by atoms with van der Waals surface area (Å²) in [5, 5.41) is 3.42. The molecular weight excluding hydrogens is 513 g/mol. The Kier molecular flexibility index (Phi) is 8.36. The molecule has 200 valence electrons. The molecule has 0 aliphatic rings. The number of nitrogens with zero attached hydrogens (tertiary/aromatic N) is 1. The fraction of sp³-hybridized carbons (Fsp3) is 0.300. The quantitative estimate of drug-likeness (QED) is 0.236. The minimum atomic E-state index is -4.61. The van der Waals surface area contributed by atoms with Crippen LogP contribution in [0.15, 0.2) is 72.9 Å². The molecule has 1 N–H and O–H groups in total. The first-order valence-corrected chi connectivity index (χ1v) is 12.8. The molecule has 4 rings (SSSR count). The lowest BCUT2D eigenvalue weighted by atomic mass is 9.87. The second-order valence-corrected chi connectivity index (χ2v) is 10.2. The van der Waals surface area contributed by atoms with Gasteiger partial charge in [0.2, 0.25) is 5.91 Å². The van der Waals surface area contributed by atoms with Crippen LogP contribution in [-0.2, 0) is 17.5 Å². The topological polar surface area (TPSA) is 43.3 Å². The monoisotopic (exact) mass is 542 g/mol. The first-order valence-electron chi connectivity index (χ1n) is 12.4. The molecule has 0 spiro atoms. The summed E-state index contributed by atoms with van der Waals surface area (Å²) in [4.78, 5) is 13.0. The molecular formula is C30H30ClF3N2O2. The van der Waals surface area contributed by atoms with Crippen LogP contribution in [0.4, 0.5) is 13.2 Å². The summed E-state index contributed by atoms with van der Waals surface area (Å²) in [6, 6.07) is 19.3. The van der Waals surface area contributed by atoms with Crippen molar-refractivity contribution < 1.29 is 22.7 Å². The average molecular weight is 543 g/mol. The van der Waals surface area contributed by atoms with E-state index >= 15 is 0 Å². The number of fused-ring (bicyclic) bond motifs is 1. The van der Waals surface area contributed by atoms with Gasteiger partial charge in [-0.25, -0.2) is 0 Å². The van der Waals surface area contributed by atoms with E-state index in [2.05, 4.69) is 9.88 Å². The molecule has 0 saturated carbocycles. The Hall–Kier alpha value is -3.45. The fourth-order valence-corrected chi connectivity index (χ4v) is 4.80. The van der Waals surface area contributed by atoms with Crippen LogP contribution in [0.2, 0.25) is 5.02 Å². The van der Waals surface area contributed by atoms with Crippen molar-refractivity contribution in [3.63, 3.8) is 0 Å². The smallest absolute Gasteiger partial charge is 0.417 e. The van der Waals surface area contributed by atoms with Gasteiger partial charge in [-0.15, -0.1) is 0 Å². The first kappa shape index (κ1) is 27.6. The van der Waals surface area contributed by atoms with Crippen LogP contribution in [0.25, 0.3) is 10.9 Å². The number of benzene rings is 3. The van der Waals surface area contributed by atoms with Crippen LogP contribution >= 0.6 is 11.6 Å². The largest absolute Gasteiger partial charge is 0.497 e. The van der Waals surface area contributed by atoms with Crippen LogP contribution in [0.3, 0.4) is 0 Å². The predicted molar refractivity (Wildman–Crippen MR) is 145 cm³/mol. The van der Waals surface area contributed by atoms with Gasteiger partial charge >= 0.3 is 6.18 Å². The molecule has 1 atom stereocenters. The van der Waals surface area contributed by atoms with Gasteiger partial charge in [0.1, 0.15) is 5.75 Å². The summed E-state index contributed by atoms with van der Waals surface area (Å²) in [6.45, 7) is 5.00. The number of methoxy groups -OCH3 is 1. The molecule has 0 aliphatic carbocycles. The second-order valence-electron chi connectivity index (χ2n) is 9.77. The highest BCUT2D eigenvalue weighted by molar-refractivity contribution is 6.31. The number of aromatic nitrogens is 1. The van der Waals surface area contributed by atoms with Gasteiger partial charge in [-0.1, -0.05) is 61.8 Å². The third-order valence-corrected chi connectivity index (χ3v) is 6.83. The van der Waals surface area contributed by atoms with Crippen LogP contribution in [0.5, 0.6) is 5.75 Å². The van der Waals surface area contributed by atoms with Crippen LogP contribution < -0.4 is 10.1 Å². The van der Waals surface area contributed by atoms with E-state index in [-0.39, 0.29) is 23.3 Å². The van der Waals surface area contributed by atoms with Gasteiger partial charge in [0.15, 0.2) is 0 Å². The van der Waals surface area contributed by atoms with Gasteiger partial charge < -0.3 is 14.6 Å². The lowest BCUT2D eigenvalue weighted by Crippen LogP contribution is -2.28. The average Bonchev–Trinajstić information content (AvgIpc) is 3.24. The molecule has 1 aromatic heterocycles. The van der Waals surface area contributed by atoms with Gasteiger partial charge in [0.05, 0.1) is 17.7 Å². The Balaban J connectivity index is 1.80. The van der Waals surface area contributed by atoms with Gasteiger partial charge in [-0.05, 0) is 52.9 Å². The van der Waals surface area contributed by atoms with Crippen LogP contribution in [0, 0.1) is 5.92 Å². The van der Waals surface area contributed by atoms with Crippen LogP contribution in [-0.4, -0.2) is 24.1 Å². The molecule has 0 fully saturated rings. The van der Waals surface area contributed by atoms with E-state index in [4.69, 9.17) is 16.3 Å². The number of ether oxygens (including phenoxy) is 1. The predicted octanol–water partition coefficient (Wildman–Crippen LogP) is 7.66. The van der Waals surface area contributed by atoms with Crippen molar-refractivity contribution in [1.29, 1.82) is 0 Å². The lowest BCUT2D eigenvalue weighted by Gasteiger charge is -2.20. The number of para-hydroxylation sites is 1. The molecule has 1 amide bonds. The highest BCUT2D eigenvalue weighted by Crippen LogP contribution is 2.40. The summed E-state index contributed by atoms with van der Waals surface area (Å²) < 4.78 is 48.5. The number of hydrogen-bond donors (Lipinski definition) is 1. The second kappa shape index (κ2) is 11.5. The number of carbonyl (C=O) groups excluding carboxylic acids is 1. The normalized spacial score (nSPS) is 12.6. The van der Waals surface area contributed by atoms with E-state index in [9.17, 15) is 18.0 Å². The van der Waals surface area contributed by atoms with E-state index in [1.54, 1.807) is 13.2 Å². The molecule has 0 saturated heterocycles. The van der Waals surface area contributed by atoms with Gasteiger partial charge in [0.25, 0.3) is 0 Å². The van der Waals surface area contributed by atoms with E-state index in [0.717, 1.165) is 33.8 Å². The standard InChI is InChI=1S/C30H30ClF3N2O2/c1-19(2)16-35-29(37)15-24(21-10-13-27(31)26(14-21)30(32,33)34)25-18-36(28-7-5-4-6-23(25)28)17-20-8-11-22(38-3)12-9-20/h4-14,18-19,24H,15-17H2,1-3H3,(H,35,37). The molecule has 4 aromatic rings. The molecule has 1 heterocycles. The summed E-state index contributed by atoms with van der Waals surface area (Å²) in [7, 11) is 1.61. The SMILES string of the molecule is COc1ccc(Cn2cc(C(CC(=O)NCC(C)C)c3ccc(Cl)c(C(F)(F)F)c3)c3ccccc32)cc1. The Morgan fingerprint density at radius 3 is 2.42 bits per heavy atom. The molecule has 1 unspecified atom stereocenters.